The predicted molar refractivity (Wildman–Crippen MR) is 65.2 cm³/mol. The Labute approximate surface area is 98.7 Å². The molecule has 0 aromatic heterocycles. The molecule has 96 valence electrons. The van der Waals surface area contributed by atoms with Crippen LogP contribution in [-0.4, -0.2) is 39.0 Å². The third kappa shape index (κ3) is 3.70. The molecule has 1 rings (SSSR count). The van der Waals surface area contributed by atoms with Gasteiger partial charge in [0.05, 0.1) is 0 Å². The quantitative estimate of drug-likeness (QED) is 0.711. The largest absolute Gasteiger partial charge is 0.385 e. The molecule has 3 atom stereocenters. The van der Waals surface area contributed by atoms with Crippen LogP contribution in [0, 0.1) is 5.92 Å². The molecule has 3 unspecified atom stereocenters. The van der Waals surface area contributed by atoms with Gasteiger partial charge < -0.3 is 20.9 Å². The Bertz CT molecular complexity index is 197. The molecular weight excluding hydrogens is 204 g/mol. The highest BCUT2D eigenvalue weighted by molar-refractivity contribution is 4.97. The van der Waals surface area contributed by atoms with Gasteiger partial charge >= 0.3 is 0 Å². The summed E-state index contributed by atoms with van der Waals surface area (Å²) in [5, 5.41) is 0. The predicted octanol–water partition coefficient (Wildman–Crippen LogP) is 0.884. The molecule has 4 N–H and O–H groups in total. The van der Waals surface area contributed by atoms with E-state index in [1.807, 2.05) is 0 Å². The van der Waals surface area contributed by atoms with Gasteiger partial charge in [0.25, 0.3) is 0 Å². The third-order valence-electron chi connectivity index (χ3n) is 3.82. The van der Waals surface area contributed by atoms with Crippen molar-refractivity contribution in [3.05, 3.63) is 0 Å². The van der Waals surface area contributed by atoms with Gasteiger partial charge in [0.1, 0.15) is 0 Å². The van der Waals surface area contributed by atoms with Crippen LogP contribution in [-0.2, 0) is 9.47 Å². The van der Waals surface area contributed by atoms with Crippen LogP contribution in [0.5, 0.6) is 0 Å². The summed E-state index contributed by atoms with van der Waals surface area (Å²) in [7, 11) is 3.46. The highest BCUT2D eigenvalue weighted by atomic mass is 16.5. The van der Waals surface area contributed by atoms with Crippen molar-refractivity contribution in [1.82, 2.24) is 0 Å². The minimum Gasteiger partial charge on any atom is -0.385 e. The first-order chi connectivity index (χ1) is 7.62. The maximum atomic E-state index is 6.50. The molecule has 1 aliphatic carbocycles. The van der Waals surface area contributed by atoms with Crippen molar-refractivity contribution in [1.29, 1.82) is 0 Å². The maximum Gasteiger partial charge on any atom is 0.0479 e. The molecule has 0 amide bonds. The van der Waals surface area contributed by atoms with Crippen molar-refractivity contribution in [2.45, 2.75) is 43.7 Å². The van der Waals surface area contributed by atoms with Crippen LogP contribution in [0.3, 0.4) is 0 Å². The fourth-order valence-corrected chi connectivity index (χ4v) is 2.66. The molecule has 0 saturated heterocycles. The van der Waals surface area contributed by atoms with E-state index in [1.54, 1.807) is 14.2 Å². The highest BCUT2D eigenvalue weighted by Gasteiger charge is 2.38. The van der Waals surface area contributed by atoms with Crippen molar-refractivity contribution in [2.24, 2.45) is 17.4 Å². The van der Waals surface area contributed by atoms with E-state index in [0.29, 0.717) is 12.0 Å². The van der Waals surface area contributed by atoms with Gasteiger partial charge in [0.15, 0.2) is 0 Å². The summed E-state index contributed by atoms with van der Waals surface area (Å²) in [6.07, 6.45) is 4.98. The average Bonchev–Trinajstić information content (AvgIpc) is 2.28. The summed E-state index contributed by atoms with van der Waals surface area (Å²) < 4.78 is 10.3. The number of rotatable bonds is 6. The Morgan fingerprint density at radius 1 is 1.25 bits per heavy atom. The molecule has 0 bridgehead atoms. The molecule has 4 nitrogen and oxygen atoms in total. The van der Waals surface area contributed by atoms with Gasteiger partial charge in [-0.1, -0.05) is 0 Å². The van der Waals surface area contributed by atoms with Gasteiger partial charge in [0, 0.05) is 39.0 Å². The molecule has 0 aromatic carbocycles. The van der Waals surface area contributed by atoms with Gasteiger partial charge in [-0.15, -0.1) is 0 Å². The standard InChI is InChI=1S/C12H26N2O2/c1-15-7-4-10-9-11(13)3-5-12(10,14)6-8-16-2/h10-11H,3-9,13-14H2,1-2H3. The van der Waals surface area contributed by atoms with Gasteiger partial charge in [-0.25, -0.2) is 0 Å². The lowest BCUT2D eigenvalue weighted by molar-refractivity contribution is 0.0815. The minimum absolute atomic E-state index is 0.107. The monoisotopic (exact) mass is 230 g/mol. The number of methoxy groups -OCH3 is 2. The lowest BCUT2D eigenvalue weighted by atomic mass is 9.69. The highest BCUT2D eigenvalue weighted by Crippen LogP contribution is 2.36. The molecule has 1 aliphatic rings. The van der Waals surface area contributed by atoms with Gasteiger partial charge in [0.2, 0.25) is 0 Å². The molecule has 0 heterocycles. The smallest absolute Gasteiger partial charge is 0.0479 e. The second-order valence-corrected chi connectivity index (χ2v) is 4.99. The molecule has 0 aromatic rings. The summed E-state index contributed by atoms with van der Waals surface area (Å²) in [6.45, 7) is 1.50. The summed E-state index contributed by atoms with van der Waals surface area (Å²) in [5.41, 5.74) is 12.4. The van der Waals surface area contributed by atoms with E-state index >= 15 is 0 Å². The van der Waals surface area contributed by atoms with Crippen LogP contribution < -0.4 is 11.5 Å². The molecule has 0 aliphatic heterocycles. The second-order valence-electron chi connectivity index (χ2n) is 4.99. The molecular formula is C12H26N2O2. The summed E-state index contributed by atoms with van der Waals surface area (Å²) >= 11 is 0. The second kappa shape index (κ2) is 6.55. The SMILES string of the molecule is COCCC1CC(N)CCC1(N)CCOC. The first kappa shape index (κ1) is 13.9. The van der Waals surface area contributed by atoms with Crippen LogP contribution in [0.4, 0.5) is 0 Å². The van der Waals surface area contributed by atoms with E-state index in [1.165, 1.54) is 0 Å². The zero-order valence-electron chi connectivity index (χ0n) is 10.6. The minimum atomic E-state index is -0.107. The number of nitrogens with two attached hydrogens (primary N) is 2. The zero-order valence-corrected chi connectivity index (χ0v) is 10.6. The Morgan fingerprint density at radius 3 is 2.56 bits per heavy atom. The molecule has 16 heavy (non-hydrogen) atoms. The van der Waals surface area contributed by atoms with Gasteiger partial charge in [-0.05, 0) is 38.0 Å². The molecule has 1 fully saturated rings. The summed E-state index contributed by atoms with van der Waals surface area (Å²) in [4.78, 5) is 0. The van der Waals surface area contributed by atoms with Crippen LogP contribution in [0.2, 0.25) is 0 Å². The van der Waals surface area contributed by atoms with E-state index in [4.69, 9.17) is 20.9 Å². The fourth-order valence-electron chi connectivity index (χ4n) is 2.66. The number of ether oxygens (including phenoxy) is 2. The van der Waals surface area contributed by atoms with Crippen LogP contribution in [0.15, 0.2) is 0 Å². The molecule has 0 spiro atoms. The summed E-state index contributed by atoms with van der Waals surface area (Å²) in [5.74, 6) is 0.464. The van der Waals surface area contributed by atoms with Crippen LogP contribution in [0.1, 0.15) is 32.1 Å². The molecule has 4 heteroatoms. The lowest BCUT2D eigenvalue weighted by Crippen LogP contribution is -2.54. The normalized spacial score (nSPS) is 35.2. The van der Waals surface area contributed by atoms with E-state index in [2.05, 4.69) is 0 Å². The van der Waals surface area contributed by atoms with Gasteiger partial charge in [-0.3, -0.25) is 0 Å². The van der Waals surface area contributed by atoms with Crippen molar-refractivity contribution >= 4 is 0 Å². The van der Waals surface area contributed by atoms with E-state index in [0.717, 1.165) is 45.3 Å². The van der Waals surface area contributed by atoms with Crippen molar-refractivity contribution in [3.8, 4) is 0 Å². The van der Waals surface area contributed by atoms with E-state index < -0.39 is 0 Å². The Balaban J connectivity index is 2.55. The number of hydrogen-bond donors (Lipinski definition) is 2. The third-order valence-corrected chi connectivity index (χ3v) is 3.82. The molecule has 0 radical (unpaired) electrons. The zero-order chi connectivity index (χ0) is 12.0. The van der Waals surface area contributed by atoms with Crippen molar-refractivity contribution < 1.29 is 9.47 Å². The van der Waals surface area contributed by atoms with Gasteiger partial charge in [-0.2, -0.15) is 0 Å². The fraction of sp³-hybridized carbons (Fsp3) is 1.00. The van der Waals surface area contributed by atoms with E-state index in [9.17, 15) is 0 Å². The maximum absolute atomic E-state index is 6.50. The van der Waals surface area contributed by atoms with Crippen LogP contribution in [0.25, 0.3) is 0 Å². The average molecular weight is 230 g/mol. The first-order valence-corrected chi connectivity index (χ1v) is 6.14. The van der Waals surface area contributed by atoms with Crippen molar-refractivity contribution in [3.63, 3.8) is 0 Å². The first-order valence-electron chi connectivity index (χ1n) is 6.14. The molecule has 1 saturated carbocycles. The van der Waals surface area contributed by atoms with Crippen molar-refractivity contribution in [2.75, 3.05) is 27.4 Å². The summed E-state index contributed by atoms with van der Waals surface area (Å²) in [6, 6.07) is 0.307. The lowest BCUT2D eigenvalue weighted by Gasteiger charge is -2.43. The Morgan fingerprint density at radius 2 is 1.94 bits per heavy atom. The topological polar surface area (TPSA) is 70.5 Å². The number of hydrogen-bond acceptors (Lipinski definition) is 4. The van der Waals surface area contributed by atoms with Crippen LogP contribution >= 0.6 is 0 Å². The van der Waals surface area contributed by atoms with E-state index in [-0.39, 0.29) is 5.54 Å². The Hall–Kier alpha value is -0.160. The Kier molecular flexibility index (Phi) is 5.69.